The van der Waals surface area contributed by atoms with Crippen LogP contribution in [0.15, 0.2) is 85.2 Å². The summed E-state index contributed by atoms with van der Waals surface area (Å²) >= 11 is 0. The van der Waals surface area contributed by atoms with Gasteiger partial charge in [0, 0.05) is 24.0 Å². The van der Waals surface area contributed by atoms with Crippen LogP contribution in [-0.2, 0) is 13.2 Å². The summed E-state index contributed by atoms with van der Waals surface area (Å²) in [6.07, 6.45) is 3.20. The average molecular weight is 437 g/mol. The van der Waals surface area contributed by atoms with Crippen molar-refractivity contribution < 1.29 is 14.2 Å². The Hall–Kier alpha value is -4.30. The average Bonchev–Trinajstić information content (AvgIpc) is 2.87. The topological polar surface area (TPSA) is 64.4 Å². The van der Waals surface area contributed by atoms with Crippen molar-refractivity contribution in [3.8, 4) is 34.4 Å². The summed E-state index contributed by atoms with van der Waals surface area (Å²) in [5.41, 5.74) is 5.99. The Kier molecular flexibility index (Phi) is 6.87. The van der Waals surface area contributed by atoms with Gasteiger partial charge in [0.25, 0.3) is 0 Å². The second-order valence-corrected chi connectivity index (χ2v) is 7.54. The number of rotatable bonds is 8. The van der Waals surface area contributed by atoms with Gasteiger partial charge in [-0.15, -0.1) is 0 Å². The molecule has 1 heterocycles. The van der Waals surface area contributed by atoms with Crippen molar-refractivity contribution >= 4 is 0 Å². The third-order valence-corrected chi connectivity index (χ3v) is 5.38. The normalized spacial score (nSPS) is 10.3. The summed E-state index contributed by atoms with van der Waals surface area (Å²) in [5, 5.41) is 9.05. The number of nitriles is 1. The van der Waals surface area contributed by atoms with Gasteiger partial charge in [0.15, 0.2) is 11.5 Å². The summed E-state index contributed by atoms with van der Waals surface area (Å²) in [6.45, 7) is 2.82. The molecule has 0 fully saturated rings. The van der Waals surface area contributed by atoms with Crippen LogP contribution in [0.5, 0.6) is 17.2 Å². The van der Waals surface area contributed by atoms with Crippen LogP contribution in [0.3, 0.4) is 0 Å². The minimum absolute atomic E-state index is 0.264. The van der Waals surface area contributed by atoms with Gasteiger partial charge >= 0.3 is 0 Å². The van der Waals surface area contributed by atoms with E-state index in [1.807, 2.05) is 36.4 Å². The van der Waals surface area contributed by atoms with Crippen LogP contribution in [0, 0.1) is 18.3 Å². The van der Waals surface area contributed by atoms with E-state index < -0.39 is 0 Å². The van der Waals surface area contributed by atoms with Crippen molar-refractivity contribution in [3.63, 3.8) is 0 Å². The van der Waals surface area contributed by atoms with E-state index in [2.05, 4.69) is 48.3 Å². The molecule has 0 saturated heterocycles. The van der Waals surface area contributed by atoms with Crippen LogP contribution in [0.4, 0.5) is 0 Å². The lowest BCUT2D eigenvalue weighted by Crippen LogP contribution is -2.01. The van der Waals surface area contributed by atoms with Crippen LogP contribution < -0.4 is 14.2 Å². The van der Waals surface area contributed by atoms with E-state index in [0.717, 1.165) is 11.1 Å². The molecule has 0 bridgehead atoms. The maximum Gasteiger partial charge on any atom is 0.165 e. The maximum atomic E-state index is 9.05. The number of benzene rings is 3. The number of hydrogen-bond acceptors (Lipinski definition) is 5. The molecule has 0 atom stereocenters. The minimum atomic E-state index is 0.264. The fourth-order valence-corrected chi connectivity index (χ4v) is 3.58. The van der Waals surface area contributed by atoms with Crippen molar-refractivity contribution in [2.24, 2.45) is 0 Å². The van der Waals surface area contributed by atoms with E-state index in [1.54, 1.807) is 19.4 Å². The predicted molar refractivity (Wildman–Crippen MR) is 127 cm³/mol. The fourth-order valence-electron chi connectivity index (χ4n) is 3.58. The molecule has 1 aromatic heterocycles. The lowest BCUT2D eigenvalue weighted by Gasteiger charge is -2.15. The molecule has 0 aliphatic heterocycles. The molecule has 3 aromatic carbocycles. The van der Waals surface area contributed by atoms with E-state index in [9.17, 15) is 0 Å². The third-order valence-electron chi connectivity index (χ3n) is 5.38. The number of hydrogen-bond donors (Lipinski definition) is 0. The van der Waals surface area contributed by atoms with Gasteiger partial charge in [-0.3, -0.25) is 4.98 Å². The zero-order valence-electron chi connectivity index (χ0n) is 18.6. The van der Waals surface area contributed by atoms with Gasteiger partial charge in [0.1, 0.15) is 25.0 Å². The molecule has 0 N–H and O–H groups in total. The number of pyridine rings is 1. The summed E-state index contributed by atoms with van der Waals surface area (Å²) in [4.78, 5) is 4.07. The molecule has 33 heavy (non-hydrogen) atoms. The Balaban J connectivity index is 1.48. The molecule has 0 saturated carbocycles. The van der Waals surface area contributed by atoms with Crippen LogP contribution in [0.1, 0.15) is 22.3 Å². The molecule has 5 heteroatoms. The summed E-state index contributed by atoms with van der Waals surface area (Å²) in [5.74, 6) is 1.85. The predicted octanol–water partition coefficient (Wildman–Crippen LogP) is 6.10. The molecule has 0 aliphatic rings. The molecule has 0 unspecified atom stereocenters. The molecular weight excluding hydrogens is 412 g/mol. The number of aromatic nitrogens is 1. The van der Waals surface area contributed by atoms with Gasteiger partial charge in [-0.05, 0) is 47.4 Å². The number of methoxy groups -OCH3 is 1. The molecule has 4 aromatic rings. The third kappa shape index (κ3) is 5.31. The van der Waals surface area contributed by atoms with E-state index in [4.69, 9.17) is 19.5 Å². The summed E-state index contributed by atoms with van der Waals surface area (Å²) in [7, 11) is 1.60. The van der Waals surface area contributed by atoms with Crippen molar-refractivity contribution in [2.75, 3.05) is 7.11 Å². The van der Waals surface area contributed by atoms with Gasteiger partial charge < -0.3 is 14.2 Å². The Bertz CT molecular complexity index is 1280. The first-order valence-corrected chi connectivity index (χ1v) is 10.6. The standard InChI is InChI=1S/C28H24N2O3/c1-20-24(9-6-10-26(20)23-7-4-3-5-8-23)19-32-25-11-12-27(31-2)28(14-25)33-18-22-13-21(15-29)16-30-17-22/h3-14,16-17H,18-19H2,1-2H3. The zero-order valence-corrected chi connectivity index (χ0v) is 18.6. The Labute approximate surface area is 193 Å². The van der Waals surface area contributed by atoms with E-state index in [1.165, 1.54) is 22.9 Å². The molecule has 5 nitrogen and oxygen atoms in total. The van der Waals surface area contributed by atoms with Crippen molar-refractivity contribution in [2.45, 2.75) is 20.1 Å². The lowest BCUT2D eigenvalue weighted by atomic mass is 9.97. The number of nitrogens with zero attached hydrogens (tertiary/aromatic N) is 2. The maximum absolute atomic E-state index is 9.05. The first-order valence-electron chi connectivity index (χ1n) is 10.6. The fraction of sp³-hybridized carbons (Fsp3) is 0.143. The van der Waals surface area contributed by atoms with Gasteiger partial charge in [0.05, 0.1) is 12.7 Å². The summed E-state index contributed by atoms with van der Waals surface area (Å²) in [6, 6.07) is 25.9. The number of ether oxygens (including phenoxy) is 3. The molecular formula is C28H24N2O3. The smallest absolute Gasteiger partial charge is 0.165 e. The first-order chi connectivity index (χ1) is 16.2. The monoisotopic (exact) mass is 436 g/mol. The van der Waals surface area contributed by atoms with Gasteiger partial charge in [0.2, 0.25) is 0 Å². The van der Waals surface area contributed by atoms with Gasteiger partial charge in [-0.25, -0.2) is 0 Å². The minimum Gasteiger partial charge on any atom is -0.493 e. The van der Waals surface area contributed by atoms with Crippen molar-refractivity contribution in [1.82, 2.24) is 4.98 Å². The molecule has 4 rings (SSSR count). The zero-order chi connectivity index (χ0) is 23.0. The first kappa shape index (κ1) is 21.9. The molecule has 0 radical (unpaired) electrons. The van der Waals surface area contributed by atoms with Crippen molar-refractivity contribution in [1.29, 1.82) is 5.26 Å². The Morgan fingerprint density at radius 1 is 0.848 bits per heavy atom. The van der Waals surface area contributed by atoms with Gasteiger partial charge in [-0.2, -0.15) is 5.26 Å². The van der Waals surface area contributed by atoms with Crippen LogP contribution in [-0.4, -0.2) is 12.1 Å². The highest BCUT2D eigenvalue weighted by Gasteiger charge is 2.10. The van der Waals surface area contributed by atoms with Crippen LogP contribution in [0.2, 0.25) is 0 Å². The highest BCUT2D eigenvalue weighted by atomic mass is 16.5. The van der Waals surface area contributed by atoms with E-state index >= 15 is 0 Å². The SMILES string of the molecule is COc1ccc(OCc2cccc(-c3ccccc3)c2C)cc1OCc1cncc(C#N)c1. The second-order valence-electron chi connectivity index (χ2n) is 7.54. The van der Waals surface area contributed by atoms with E-state index in [-0.39, 0.29) is 6.61 Å². The lowest BCUT2D eigenvalue weighted by molar-refractivity contribution is 0.274. The van der Waals surface area contributed by atoms with Crippen LogP contribution in [0.25, 0.3) is 11.1 Å². The summed E-state index contributed by atoms with van der Waals surface area (Å²) < 4.78 is 17.5. The molecule has 0 aliphatic carbocycles. The highest BCUT2D eigenvalue weighted by Crippen LogP contribution is 2.33. The van der Waals surface area contributed by atoms with Crippen LogP contribution >= 0.6 is 0 Å². The van der Waals surface area contributed by atoms with Crippen molar-refractivity contribution in [3.05, 3.63) is 107 Å². The Morgan fingerprint density at radius 3 is 2.48 bits per heavy atom. The molecule has 164 valence electrons. The van der Waals surface area contributed by atoms with E-state index in [0.29, 0.717) is 29.4 Å². The highest BCUT2D eigenvalue weighted by molar-refractivity contribution is 5.68. The van der Waals surface area contributed by atoms with Gasteiger partial charge in [-0.1, -0.05) is 48.5 Å². The second kappa shape index (κ2) is 10.3. The Morgan fingerprint density at radius 2 is 1.70 bits per heavy atom. The largest absolute Gasteiger partial charge is 0.493 e. The molecule has 0 spiro atoms. The molecule has 0 amide bonds. The quantitative estimate of drug-likeness (QED) is 0.334.